The summed E-state index contributed by atoms with van der Waals surface area (Å²) in [6.45, 7) is 10.4. The molecule has 0 spiro atoms. The molecular weight excluding hydrogens is 226 g/mol. The van der Waals surface area contributed by atoms with Gasteiger partial charge in [-0.25, -0.2) is 0 Å². The molecule has 1 aromatic carbocycles. The molecular formula is C15H23NO2. The lowest BCUT2D eigenvalue weighted by Gasteiger charge is -2.12. The molecule has 0 saturated carbocycles. The maximum atomic E-state index is 5.75. The van der Waals surface area contributed by atoms with E-state index in [0.29, 0.717) is 6.61 Å². The van der Waals surface area contributed by atoms with Crippen LogP contribution in [0.25, 0.3) is 0 Å². The van der Waals surface area contributed by atoms with Gasteiger partial charge in [0.05, 0.1) is 13.7 Å². The van der Waals surface area contributed by atoms with Gasteiger partial charge in [0, 0.05) is 13.0 Å². The van der Waals surface area contributed by atoms with E-state index in [9.17, 15) is 0 Å². The van der Waals surface area contributed by atoms with E-state index >= 15 is 0 Å². The van der Waals surface area contributed by atoms with Crippen molar-refractivity contribution in [1.29, 1.82) is 0 Å². The zero-order valence-corrected chi connectivity index (χ0v) is 11.6. The van der Waals surface area contributed by atoms with Crippen LogP contribution in [0.3, 0.4) is 0 Å². The van der Waals surface area contributed by atoms with Crippen LogP contribution in [0.4, 0.5) is 0 Å². The smallest absolute Gasteiger partial charge is 0.161 e. The van der Waals surface area contributed by atoms with Crippen LogP contribution in [0.5, 0.6) is 11.5 Å². The second-order valence-corrected chi connectivity index (χ2v) is 4.32. The third-order valence-corrected chi connectivity index (χ3v) is 2.59. The van der Waals surface area contributed by atoms with Crippen LogP contribution in [0.2, 0.25) is 0 Å². The van der Waals surface area contributed by atoms with E-state index in [1.165, 1.54) is 5.56 Å². The molecule has 0 aliphatic heterocycles. The summed E-state index contributed by atoms with van der Waals surface area (Å²) in [4.78, 5) is 0. The standard InChI is InChI=1S/C15H23NO2/c1-5-16-11-13-6-7-14(17-4)15(10-13)18-9-8-12(2)3/h6-7,10,16H,2,5,8-9,11H2,1,3-4H3. The van der Waals surface area contributed by atoms with Crippen molar-refractivity contribution in [3.63, 3.8) is 0 Å². The Kier molecular flexibility index (Phi) is 6.29. The van der Waals surface area contributed by atoms with Crippen molar-refractivity contribution in [2.45, 2.75) is 26.8 Å². The van der Waals surface area contributed by atoms with Crippen LogP contribution >= 0.6 is 0 Å². The topological polar surface area (TPSA) is 30.5 Å². The normalized spacial score (nSPS) is 10.2. The number of hydrogen-bond donors (Lipinski definition) is 1. The molecule has 3 nitrogen and oxygen atoms in total. The third kappa shape index (κ3) is 4.80. The first-order valence-electron chi connectivity index (χ1n) is 6.32. The van der Waals surface area contributed by atoms with Gasteiger partial charge in [-0.3, -0.25) is 0 Å². The van der Waals surface area contributed by atoms with Crippen LogP contribution in [-0.4, -0.2) is 20.3 Å². The Bertz CT molecular complexity index is 388. The maximum absolute atomic E-state index is 5.75. The molecule has 1 aromatic rings. The van der Waals surface area contributed by atoms with E-state index in [1.807, 2.05) is 25.1 Å². The predicted molar refractivity (Wildman–Crippen MR) is 75.3 cm³/mol. The molecule has 100 valence electrons. The van der Waals surface area contributed by atoms with E-state index in [1.54, 1.807) is 7.11 Å². The Morgan fingerprint density at radius 1 is 1.33 bits per heavy atom. The molecule has 0 saturated heterocycles. The quantitative estimate of drug-likeness (QED) is 0.718. The zero-order chi connectivity index (χ0) is 13.4. The van der Waals surface area contributed by atoms with Gasteiger partial charge in [0.15, 0.2) is 11.5 Å². The summed E-state index contributed by atoms with van der Waals surface area (Å²) >= 11 is 0. The van der Waals surface area contributed by atoms with Gasteiger partial charge in [0.25, 0.3) is 0 Å². The molecule has 0 aliphatic rings. The van der Waals surface area contributed by atoms with Gasteiger partial charge < -0.3 is 14.8 Å². The lowest BCUT2D eigenvalue weighted by atomic mass is 10.2. The van der Waals surface area contributed by atoms with Crippen LogP contribution in [0.1, 0.15) is 25.8 Å². The molecule has 0 atom stereocenters. The van der Waals surface area contributed by atoms with Gasteiger partial charge in [0.2, 0.25) is 0 Å². The van der Waals surface area contributed by atoms with Gasteiger partial charge in [0.1, 0.15) is 0 Å². The molecule has 1 rings (SSSR count). The second-order valence-electron chi connectivity index (χ2n) is 4.32. The average Bonchev–Trinajstić information content (AvgIpc) is 2.36. The molecule has 0 aromatic heterocycles. The first kappa shape index (κ1) is 14.6. The molecule has 0 radical (unpaired) electrons. The third-order valence-electron chi connectivity index (χ3n) is 2.59. The highest BCUT2D eigenvalue weighted by atomic mass is 16.5. The SMILES string of the molecule is C=C(C)CCOc1cc(CNCC)ccc1OC. The number of nitrogens with one attached hydrogen (secondary N) is 1. The fourth-order valence-electron chi connectivity index (χ4n) is 1.55. The minimum atomic E-state index is 0.635. The van der Waals surface area contributed by atoms with Crippen molar-refractivity contribution in [3.8, 4) is 11.5 Å². The van der Waals surface area contributed by atoms with E-state index in [2.05, 4.69) is 18.8 Å². The number of rotatable bonds is 8. The molecule has 0 unspecified atom stereocenters. The summed E-state index contributed by atoms with van der Waals surface area (Å²) in [5, 5.41) is 3.29. The van der Waals surface area contributed by atoms with Crippen molar-refractivity contribution < 1.29 is 9.47 Å². The van der Waals surface area contributed by atoms with Gasteiger partial charge in [-0.1, -0.05) is 18.6 Å². The highest BCUT2D eigenvalue weighted by Gasteiger charge is 2.05. The van der Waals surface area contributed by atoms with Crippen LogP contribution in [0.15, 0.2) is 30.4 Å². The number of benzene rings is 1. The average molecular weight is 249 g/mol. The Hall–Kier alpha value is -1.48. The molecule has 18 heavy (non-hydrogen) atoms. The first-order valence-corrected chi connectivity index (χ1v) is 6.32. The molecule has 0 aliphatic carbocycles. The maximum Gasteiger partial charge on any atom is 0.161 e. The Morgan fingerprint density at radius 3 is 2.72 bits per heavy atom. The highest BCUT2D eigenvalue weighted by Crippen LogP contribution is 2.28. The molecule has 3 heteroatoms. The summed E-state index contributed by atoms with van der Waals surface area (Å²) in [5.41, 5.74) is 2.32. The fraction of sp³-hybridized carbons (Fsp3) is 0.467. The van der Waals surface area contributed by atoms with E-state index < -0.39 is 0 Å². The van der Waals surface area contributed by atoms with Crippen LogP contribution < -0.4 is 14.8 Å². The fourth-order valence-corrected chi connectivity index (χ4v) is 1.55. The number of hydrogen-bond acceptors (Lipinski definition) is 3. The summed E-state index contributed by atoms with van der Waals surface area (Å²) in [6.07, 6.45) is 0.862. The largest absolute Gasteiger partial charge is 0.493 e. The van der Waals surface area contributed by atoms with Crippen LogP contribution in [0, 0.1) is 0 Å². The summed E-state index contributed by atoms with van der Waals surface area (Å²) in [5.74, 6) is 1.58. The summed E-state index contributed by atoms with van der Waals surface area (Å²) in [7, 11) is 1.66. The monoisotopic (exact) mass is 249 g/mol. The van der Waals surface area contributed by atoms with Crippen molar-refractivity contribution >= 4 is 0 Å². The Labute approximate surface area is 110 Å². The van der Waals surface area contributed by atoms with Crippen molar-refractivity contribution in [3.05, 3.63) is 35.9 Å². The van der Waals surface area contributed by atoms with Crippen molar-refractivity contribution in [2.75, 3.05) is 20.3 Å². The zero-order valence-electron chi connectivity index (χ0n) is 11.6. The summed E-state index contributed by atoms with van der Waals surface area (Å²) < 4.78 is 11.0. The van der Waals surface area contributed by atoms with Gasteiger partial charge >= 0.3 is 0 Å². The second kappa shape index (κ2) is 7.77. The summed E-state index contributed by atoms with van der Waals surface area (Å²) in [6, 6.07) is 6.02. The molecule has 1 N–H and O–H groups in total. The Morgan fingerprint density at radius 2 is 2.11 bits per heavy atom. The first-order chi connectivity index (χ1) is 8.67. The highest BCUT2D eigenvalue weighted by molar-refractivity contribution is 5.43. The van der Waals surface area contributed by atoms with E-state index in [0.717, 1.165) is 36.6 Å². The van der Waals surface area contributed by atoms with Crippen molar-refractivity contribution in [1.82, 2.24) is 5.32 Å². The lowest BCUT2D eigenvalue weighted by molar-refractivity contribution is 0.297. The molecule has 0 heterocycles. The van der Waals surface area contributed by atoms with E-state index in [-0.39, 0.29) is 0 Å². The number of methoxy groups -OCH3 is 1. The van der Waals surface area contributed by atoms with E-state index in [4.69, 9.17) is 9.47 Å². The van der Waals surface area contributed by atoms with Gasteiger partial charge in [-0.05, 0) is 31.2 Å². The molecule has 0 bridgehead atoms. The molecule has 0 fully saturated rings. The minimum Gasteiger partial charge on any atom is -0.493 e. The number of ether oxygens (including phenoxy) is 2. The minimum absolute atomic E-state index is 0.635. The van der Waals surface area contributed by atoms with Crippen LogP contribution in [-0.2, 0) is 6.54 Å². The lowest BCUT2D eigenvalue weighted by Crippen LogP contribution is -2.11. The Balaban J connectivity index is 2.68. The van der Waals surface area contributed by atoms with Gasteiger partial charge in [-0.15, -0.1) is 6.58 Å². The van der Waals surface area contributed by atoms with Gasteiger partial charge in [-0.2, -0.15) is 0 Å². The molecule has 0 amide bonds. The van der Waals surface area contributed by atoms with Crippen molar-refractivity contribution in [2.24, 2.45) is 0 Å². The predicted octanol–water partition coefficient (Wildman–Crippen LogP) is 3.15.